The van der Waals surface area contributed by atoms with Crippen LogP contribution in [0.15, 0.2) is 46.3 Å². The van der Waals surface area contributed by atoms with Gasteiger partial charge in [0.05, 0.1) is 17.7 Å². The van der Waals surface area contributed by atoms with Gasteiger partial charge in [0.25, 0.3) is 5.91 Å². The van der Waals surface area contributed by atoms with E-state index in [1.54, 1.807) is 11.3 Å². The smallest absolute Gasteiger partial charge is 0.264 e. The van der Waals surface area contributed by atoms with Crippen molar-refractivity contribution in [2.75, 3.05) is 46.6 Å². The minimum Gasteiger partial charge on any atom is -0.494 e. The number of hydrogen-bond donors (Lipinski definition) is 2. The molecule has 1 aliphatic carbocycles. The van der Waals surface area contributed by atoms with Crippen LogP contribution in [0.5, 0.6) is 5.75 Å². The lowest BCUT2D eigenvalue weighted by molar-refractivity contribution is 0.0669. The monoisotopic (exact) mass is 515 g/mol. The molecule has 0 atom stereocenters. The molecule has 1 saturated carbocycles. The molecular formula is C27H41N5O3S. The van der Waals surface area contributed by atoms with Crippen LogP contribution in [0, 0.1) is 5.92 Å². The second-order valence-electron chi connectivity index (χ2n) is 9.24. The van der Waals surface area contributed by atoms with Crippen LogP contribution in [0.4, 0.5) is 0 Å². The molecule has 36 heavy (non-hydrogen) atoms. The van der Waals surface area contributed by atoms with Crippen molar-refractivity contribution in [2.45, 2.75) is 38.5 Å². The third kappa shape index (κ3) is 8.43. The summed E-state index contributed by atoms with van der Waals surface area (Å²) in [5, 5.41) is 11.9. The number of hydrogen-bond acceptors (Lipinski definition) is 8. The van der Waals surface area contributed by atoms with E-state index in [2.05, 4.69) is 52.8 Å². The van der Waals surface area contributed by atoms with Gasteiger partial charge in [-0.05, 0) is 62.5 Å². The van der Waals surface area contributed by atoms with Crippen LogP contribution in [-0.2, 0) is 0 Å². The normalized spacial score (nSPS) is 17.3. The lowest BCUT2D eigenvalue weighted by atomic mass is 9.87. The molecule has 2 aliphatic rings. The number of nitrogens with one attached hydrogen (secondary N) is 1. The highest BCUT2D eigenvalue weighted by Crippen LogP contribution is 2.31. The van der Waals surface area contributed by atoms with E-state index in [0.29, 0.717) is 5.82 Å². The van der Waals surface area contributed by atoms with E-state index in [-0.39, 0.29) is 14.1 Å². The molecule has 2 aromatic rings. The molecule has 0 spiro atoms. The Hall–Kier alpha value is -2.75. The second kappa shape index (κ2) is 14.7. The van der Waals surface area contributed by atoms with Crippen molar-refractivity contribution >= 4 is 40.8 Å². The molecule has 0 unspecified atom stereocenters. The molecule has 2 heterocycles. The van der Waals surface area contributed by atoms with E-state index in [0.717, 1.165) is 65.8 Å². The first kappa shape index (κ1) is 27.8. The highest BCUT2D eigenvalue weighted by molar-refractivity contribution is 7.20. The Labute approximate surface area is 219 Å². The highest BCUT2D eigenvalue weighted by atomic mass is 32.1. The molecule has 0 bridgehead atoms. The summed E-state index contributed by atoms with van der Waals surface area (Å²) in [6.45, 7) is 10.6. The molecule has 198 valence electrons. The summed E-state index contributed by atoms with van der Waals surface area (Å²) >= 11 is 1.59. The number of likely N-dealkylation sites (N-methyl/N-ethyl adjacent to an activating group) is 1. The number of carbonyl (C=O) groups is 1. The molecule has 1 amide bonds. The van der Waals surface area contributed by atoms with E-state index >= 15 is 0 Å². The van der Waals surface area contributed by atoms with E-state index in [9.17, 15) is 4.79 Å². The highest BCUT2D eigenvalue weighted by Gasteiger charge is 2.22. The van der Waals surface area contributed by atoms with Gasteiger partial charge in [-0.25, -0.2) is 4.99 Å². The van der Waals surface area contributed by atoms with Crippen LogP contribution in [0.1, 0.15) is 49.6 Å². The number of carbonyl (C=O) groups excluding carboxylic acids is 1. The maximum Gasteiger partial charge on any atom is 0.264 e. The number of aliphatic hydroxyl groups excluding tert-OH is 1. The maximum absolute atomic E-state index is 12.8. The molecule has 4 rings (SSSR count). The standard InChI is InChI=1S/C22H30N2O2S.C5H9N3O.H2/c1-23-10-12-24(13-11-23)22(25)21-16-18-15-19(7-8-20(18)27-21)26-14-9-17-5-3-2-4-6-17;1-6-3-5(7-2)8-4-9;/h7-8,15-17H,2-6,9-14H2,1H3;3,8-9H,1-2,4H2;1H/b;5-3+;. The molecule has 1 saturated heterocycles. The molecule has 1 aromatic heterocycles. The summed E-state index contributed by atoms with van der Waals surface area (Å²) in [4.78, 5) is 24.8. The van der Waals surface area contributed by atoms with Crippen LogP contribution < -0.4 is 10.1 Å². The first-order chi connectivity index (χ1) is 17.5. The Morgan fingerprint density at radius 1 is 1.22 bits per heavy atom. The van der Waals surface area contributed by atoms with Crippen LogP contribution in [0.2, 0.25) is 0 Å². The van der Waals surface area contributed by atoms with Crippen molar-refractivity contribution in [1.82, 2.24) is 15.1 Å². The zero-order valence-corrected chi connectivity index (χ0v) is 22.1. The van der Waals surface area contributed by atoms with Gasteiger partial charge < -0.3 is 25.0 Å². The number of ether oxygens (including phenoxy) is 1. The zero-order valence-electron chi connectivity index (χ0n) is 21.3. The van der Waals surface area contributed by atoms with Crippen LogP contribution in [0.25, 0.3) is 10.1 Å². The summed E-state index contributed by atoms with van der Waals surface area (Å²) in [5.74, 6) is 2.35. The fraction of sp³-hybridized carbons (Fsp3) is 0.519. The Morgan fingerprint density at radius 3 is 2.64 bits per heavy atom. The Morgan fingerprint density at radius 2 is 1.97 bits per heavy atom. The van der Waals surface area contributed by atoms with Crippen molar-refractivity contribution in [3.05, 3.63) is 41.2 Å². The van der Waals surface area contributed by atoms with Crippen molar-refractivity contribution < 1.29 is 16.1 Å². The lowest BCUT2D eigenvalue weighted by Gasteiger charge is -2.32. The topological polar surface area (TPSA) is 89.8 Å². The maximum atomic E-state index is 12.8. The molecule has 2 fully saturated rings. The van der Waals surface area contributed by atoms with Crippen LogP contribution >= 0.6 is 11.3 Å². The van der Waals surface area contributed by atoms with Crippen molar-refractivity contribution in [1.29, 1.82) is 0 Å². The molecule has 2 N–H and O–H groups in total. The molecule has 9 heteroatoms. The average molecular weight is 516 g/mol. The third-order valence-corrected chi connectivity index (χ3v) is 7.76. The van der Waals surface area contributed by atoms with Gasteiger partial charge in [-0.15, -0.1) is 11.3 Å². The van der Waals surface area contributed by atoms with Crippen molar-refractivity contribution in [2.24, 2.45) is 15.9 Å². The Bertz CT molecular complexity index is 1030. The minimum atomic E-state index is -0.180. The van der Waals surface area contributed by atoms with Crippen molar-refractivity contribution in [3.63, 3.8) is 0 Å². The number of aliphatic imine (C=N–C) groups is 2. The quantitative estimate of drug-likeness (QED) is 0.376. The SMILES string of the molecule is C=N/C=C(\N=C)NCO.CN1CCN(C(=O)c2cc3cc(OCCC4CCCCC4)ccc3s2)CC1.[HH]. The van der Waals surface area contributed by atoms with Gasteiger partial charge in [0.1, 0.15) is 18.3 Å². The van der Waals surface area contributed by atoms with E-state index < -0.39 is 0 Å². The van der Waals surface area contributed by atoms with Gasteiger partial charge in [-0.3, -0.25) is 9.79 Å². The van der Waals surface area contributed by atoms with Gasteiger partial charge in [-0.2, -0.15) is 0 Å². The van der Waals surface area contributed by atoms with Gasteiger partial charge in [0, 0.05) is 32.3 Å². The fourth-order valence-electron chi connectivity index (χ4n) is 4.51. The second-order valence-corrected chi connectivity index (χ2v) is 10.3. The summed E-state index contributed by atoms with van der Waals surface area (Å²) < 4.78 is 7.18. The van der Waals surface area contributed by atoms with Crippen LogP contribution in [0.3, 0.4) is 0 Å². The van der Waals surface area contributed by atoms with Gasteiger partial charge in [0.15, 0.2) is 0 Å². The molecule has 1 aromatic carbocycles. The number of amides is 1. The largest absolute Gasteiger partial charge is 0.494 e. The third-order valence-electron chi connectivity index (χ3n) is 6.65. The lowest BCUT2D eigenvalue weighted by Crippen LogP contribution is -2.46. The summed E-state index contributed by atoms with van der Waals surface area (Å²) in [6.07, 6.45) is 9.43. The summed E-state index contributed by atoms with van der Waals surface area (Å²) in [7, 11) is 2.11. The van der Waals surface area contributed by atoms with Crippen molar-refractivity contribution in [3.8, 4) is 5.75 Å². The number of rotatable bonds is 9. The summed E-state index contributed by atoms with van der Waals surface area (Å²) in [5.41, 5.74) is 0. The minimum absolute atomic E-state index is 0. The zero-order chi connectivity index (χ0) is 25.8. The molecule has 1 aliphatic heterocycles. The number of aliphatic hydroxyl groups is 1. The molecule has 8 nitrogen and oxygen atoms in total. The first-order valence-corrected chi connectivity index (χ1v) is 13.5. The van der Waals surface area contributed by atoms with E-state index in [1.165, 1.54) is 38.3 Å². The number of piperazine rings is 1. The Kier molecular flexibility index (Phi) is 11.4. The van der Waals surface area contributed by atoms with Crippen LogP contribution in [-0.4, -0.2) is 80.8 Å². The first-order valence-electron chi connectivity index (χ1n) is 12.7. The predicted octanol–water partition coefficient (Wildman–Crippen LogP) is 4.61. The number of fused-ring (bicyclic) bond motifs is 1. The Balaban J connectivity index is 0.000000416. The molecule has 0 radical (unpaired) electrons. The molecular weight excluding hydrogens is 474 g/mol. The fourth-order valence-corrected chi connectivity index (χ4v) is 5.52. The van der Waals surface area contributed by atoms with Gasteiger partial charge in [0.2, 0.25) is 0 Å². The van der Waals surface area contributed by atoms with E-state index in [4.69, 9.17) is 9.84 Å². The summed E-state index contributed by atoms with van der Waals surface area (Å²) in [6, 6.07) is 8.27. The van der Waals surface area contributed by atoms with E-state index in [1.807, 2.05) is 17.0 Å². The number of benzene rings is 1. The average Bonchev–Trinajstić information content (AvgIpc) is 3.33. The van der Waals surface area contributed by atoms with Gasteiger partial charge >= 0.3 is 0 Å². The predicted molar refractivity (Wildman–Crippen MR) is 151 cm³/mol. The number of thiophene rings is 1. The number of nitrogens with zero attached hydrogens (tertiary/aromatic N) is 4. The van der Waals surface area contributed by atoms with Gasteiger partial charge in [-0.1, -0.05) is 32.1 Å².